The van der Waals surface area contributed by atoms with Crippen LogP contribution in [0, 0.1) is 0 Å². The van der Waals surface area contributed by atoms with Gasteiger partial charge in [-0.3, -0.25) is 4.79 Å². The predicted molar refractivity (Wildman–Crippen MR) is 96.8 cm³/mol. The van der Waals surface area contributed by atoms with Gasteiger partial charge in [0.05, 0.1) is 35.9 Å². The number of nitrogens with zero attached hydrogens (tertiary/aromatic N) is 6. The van der Waals surface area contributed by atoms with Crippen LogP contribution in [0.15, 0.2) is 41.4 Å². The Bertz CT molecular complexity index is 866. The number of aldehydes is 1. The molecule has 1 saturated heterocycles. The van der Waals surface area contributed by atoms with Crippen molar-refractivity contribution in [2.45, 2.75) is 19.4 Å². The third-order valence-corrected chi connectivity index (χ3v) is 4.51. The number of oxazole rings is 1. The molecule has 1 aliphatic heterocycles. The molecule has 3 aromatic rings. The molecule has 0 N–H and O–H groups in total. The van der Waals surface area contributed by atoms with Crippen LogP contribution >= 0.6 is 0 Å². The van der Waals surface area contributed by atoms with Crippen molar-refractivity contribution < 1.29 is 9.21 Å². The maximum absolute atomic E-state index is 11.4. The van der Waals surface area contributed by atoms with Crippen molar-refractivity contribution in [3.8, 4) is 5.69 Å². The summed E-state index contributed by atoms with van der Waals surface area (Å²) in [6.45, 7) is 2.53. The molecule has 4 rings (SSSR count). The third-order valence-electron chi connectivity index (χ3n) is 4.51. The van der Waals surface area contributed by atoms with Crippen molar-refractivity contribution in [2.24, 2.45) is 0 Å². The largest absolute Gasteiger partial charge is 0.432 e. The quantitative estimate of drug-likeness (QED) is 0.630. The highest BCUT2D eigenvalue weighted by atomic mass is 16.4. The predicted octanol–water partition coefficient (Wildman–Crippen LogP) is 2.30. The third kappa shape index (κ3) is 3.17. The summed E-state index contributed by atoms with van der Waals surface area (Å²) in [5.41, 5.74) is 2.01. The van der Waals surface area contributed by atoms with Crippen molar-refractivity contribution in [3.05, 3.63) is 48.2 Å². The van der Waals surface area contributed by atoms with Gasteiger partial charge in [0.15, 0.2) is 6.29 Å². The zero-order chi connectivity index (χ0) is 17.9. The number of hydrogen-bond acceptors (Lipinski definition) is 7. The smallest absolute Gasteiger partial charge is 0.297 e. The average Bonchev–Trinajstić information content (AvgIpc) is 3.42. The van der Waals surface area contributed by atoms with Gasteiger partial charge in [-0.15, -0.1) is 0 Å². The maximum Gasteiger partial charge on any atom is 0.297 e. The summed E-state index contributed by atoms with van der Waals surface area (Å²) in [7, 11) is 1.84. The fourth-order valence-electron chi connectivity index (χ4n) is 3.12. The Kier molecular flexibility index (Phi) is 4.39. The molecular weight excluding hydrogens is 332 g/mol. The molecule has 0 saturated carbocycles. The molecule has 0 amide bonds. The number of aromatic nitrogens is 4. The molecule has 0 radical (unpaired) electrons. The lowest BCUT2D eigenvalue weighted by molar-refractivity contribution is 0.112. The number of pyridine rings is 1. The summed E-state index contributed by atoms with van der Waals surface area (Å²) in [5.74, 6) is 0.984. The maximum atomic E-state index is 11.4. The summed E-state index contributed by atoms with van der Waals surface area (Å²) in [5, 5.41) is 4.55. The zero-order valence-corrected chi connectivity index (χ0v) is 14.6. The first-order chi connectivity index (χ1) is 12.7. The van der Waals surface area contributed by atoms with Crippen LogP contribution in [0.5, 0.6) is 0 Å². The van der Waals surface area contributed by atoms with E-state index in [1.165, 1.54) is 19.1 Å². The van der Waals surface area contributed by atoms with Gasteiger partial charge in [0.1, 0.15) is 12.1 Å². The Balaban J connectivity index is 1.55. The molecule has 134 valence electrons. The SMILES string of the molecule is CN(Cc1nn(-c2ccc(N3CCCC3)nc2)cc1C=O)c1ncco1. The molecule has 26 heavy (non-hydrogen) atoms. The molecule has 0 unspecified atom stereocenters. The van der Waals surface area contributed by atoms with Crippen molar-refractivity contribution in [1.82, 2.24) is 19.7 Å². The monoisotopic (exact) mass is 352 g/mol. The fraction of sp³-hybridized carbons (Fsp3) is 0.333. The first kappa shape index (κ1) is 16.3. The molecule has 3 aromatic heterocycles. The number of hydrogen-bond donors (Lipinski definition) is 0. The molecule has 0 spiro atoms. The summed E-state index contributed by atoms with van der Waals surface area (Å²) in [4.78, 5) is 24.2. The van der Waals surface area contributed by atoms with Crippen LogP contribution in [0.25, 0.3) is 5.69 Å². The van der Waals surface area contributed by atoms with E-state index in [4.69, 9.17) is 4.42 Å². The fourth-order valence-corrected chi connectivity index (χ4v) is 3.12. The van der Waals surface area contributed by atoms with Crippen LogP contribution in [0.2, 0.25) is 0 Å². The van der Waals surface area contributed by atoms with Gasteiger partial charge >= 0.3 is 0 Å². The van der Waals surface area contributed by atoms with Gasteiger partial charge in [-0.2, -0.15) is 5.10 Å². The van der Waals surface area contributed by atoms with Gasteiger partial charge in [-0.05, 0) is 25.0 Å². The highest BCUT2D eigenvalue weighted by Gasteiger charge is 2.16. The van der Waals surface area contributed by atoms with Gasteiger partial charge in [-0.1, -0.05) is 0 Å². The van der Waals surface area contributed by atoms with E-state index in [2.05, 4.69) is 20.0 Å². The molecule has 8 nitrogen and oxygen atoms in total. The first-order valence-electron chi connectivity index (χ1n) is 8.60. The van der Waals surface area contributed by atoms with Crippen molar-refractivity contribution >= 4 is 18.1 Å². The Morgan fingerprint density at radius 2 is 2.12 bits per heavy atom. The van der Waals surface area contributed by atoms with Crippen LogP contribution in [-0.2, 0) is 6.54 Å². The standard InChI is InChI=1S/C18H20N6O2/c1-22(18-19-6-9-26-18)12-16-14(13-25)11-24(21-16)15-4-5-17(20-10-15)23-7-2-3-8-23/h4-6,9-11,13H,2-3,7-8,12H2,1H3. The van der Waals surface area contributed by atoms with Crippen molar-refractivity contribution in [3.63, 3.8) is 0 Å². The Morgan fingerprint density at radius 3 is 2.77 bits per heavy atom. The summed E-state index contributed by atoms with van der Waals surface area (Å²) < 4.78 is 6.96. The van der Waals surface area contributed by atoms with Gasteiger partial charge in [0.25, 0.3) is 6.01 Å². The minimum atomic E-state index is 0.418. The lowest BCUT2D eigenvalue weighted by Gasteiger charge is -2.16. The number of carbonyl (C=O) groups is 1. The van der Waals surface area contributed by atoms with Gasteiger partial charge in [0, 0.05) is 26.3 Å². The minimum Gasteiger partial charge on any atom is -0.432 e. The number of anilines is 2. The van der Waals surface area contributed by atoms with E-state index in [1.807, 2.05) is 19.2 Å². The van der Waals surface area contributed by atoms with Crippen LogP contribution in [-0.4, -0.2) is 46.2 Å². The topological polar surface area (TPSA) is 80.3 Å². The summed E-state index contributed by atoms with van der Waals surface area (Å²) in [6, 6.07) is 4.46. The molecule has 0 aliphatic carbocycles. The average molecular weight is 352 g/mol. The lowest BCUT2D eigenvalue weighted by atomic mass is 10.2. The van der Waals surface area contributed by atoms with E-state index in [1.54, 1.807) is 28.2 Å². The molecule has 8 heteroatoms. The second-order valence-electron chi connectivity index (χ2n) is 6.33. The molecule has 4 heterocycles. The highest BCUT2D eigenvalue weighted by Crippen LogP contribution is 2.20. The molecule has 1 fully saturated rings. The van der Waals surface area contributed by atoms with E-state index in [0.717, 1.165) is 30.9 Å². The number of carbonyl (C=O) groups excluding carboxylic acids is 1. The highest BCUT2D eigenvalue weighted by molar-refractivity contribution is 5.76. The number of rotatable bonds is 6. The second kappa shape index (κ2) is 6.99. The molecular formula is C18H20N6O2. The second-order valence-corrected chi connectivity index (χ2v) is 6.33. The van der Waals surface area contributed by atoms with Crippen LogP contribution in [0.3, 0.4) is 0 Å². The van der Waals surface area contributed by atoms with Gasteiger partial charge < -0.3 is 14.2 Å². The molecule has 1 aliphatic rings. The normalized spacial score (nSPS) is 14.0. The zero-order valence-electron chi connectivity index (χ0n) is 14.6. The molecule has 0 bridgehead atoms. The van der Waals surface area contributed by atoms with Crippen molar-refractivity contribution in [2.75, 3.05) is 29.9 Å². The van der Waals surface area contributed by atoms with Crippen LogP contribution < -0.4 is 9.80 Å². The Morgan fingerprint density at radius 1 is 1.27 bits per heavy atom. The van der Waals surface area contributed by atoms with Crippen molar-refractivity contribution in [1.29, 1.82) is 0 Å². The van der Waals surface area contributed by atoms with Gasteiger partial charge in [0.2, 0.25) is 0 Å². The van der Waals surface area contributed by atoms with Gasteiger partial charge in [-0.25, -0.2) is 14.6 Å². The minimum absolute atomic E-state index is 0.418. The van der Waals surface area contributed by atoms with E-state index in [0.29, 0.717) is 23.8 Å². The summed E-state index contributed by atoms with van der Waals surface area (Å²) in [6.07, 6.45) is 9.85. The molecule has 0 atom stereocenters. The summed E-state index contributed by atoms with van der Waals surface area (Å²) >= 11 is 0. The first-order valence-corrected chi connectivity index (χ1v) is 8.60. The lowest BCUT2D eigenvalue weighted by Crippen LogP contribution is -2.19. The van der Waals surface area contributed by atoms with E-state index >= 15 is 0 Å². The van der Waals surface area contributed by atoms with Crippen LogP contribution in [0.4, 0.5) is 11.8 Å². The Hall–Kier alpha value is -3.16. The van der Waals surface area contributed by atoms with E-state index in [-0.39, 0.29) is 0 Å². The van der Waals surface area contributed by atoms with E-state index in [9.17, 15) is 4.79 Å². The van der Waals surface area contributed by atoms with Crippen LogP contribution in [0.1, 0.15) is 28.9 Å². The van der Waals surface area contributed by atoms with E-state index < -0.39 is 0 Å². The molecule has 0 aromatic carbocycles. The Labute approximate surface area is 151 Å².